The summed E-state index contributed by atoms with van der Waals surface area (Å²) in [4.78, 5) is 9.78. The Labute approximate surface area is 167 Å². The molecular weight excluding hydrogens is 375 g/mol. The van der Waals surface area contributed by atoms with Gasteiger partial charge in [-0.25, -0.2) is 9.37 Å². The van der Waals surface area contributed by atoms with Crippen molar-refractivity contribution in [3.8, 4) is 5.75 Å². The fraction of sp³-hybridized carbons (Fsp3) is 0.381. The van der Waals surface area contributed by atoms with Crippen LogP contribution in [0.15, 0.2) is 36.4 Å². The van der Waals surface area contributed by atoms with E-state index in [2.05, 4.69) is 33.3 Å². The quantitative estimate of drug-likeness (QED) is 0.687. The van der Waals surface area contributed by atoms with Gasteiger partial charge in [0.1, 0.15) is 11.6 Å². The van der Waals surface area contributed by atoms with Crippen LogP contribution in [0.2, 0.25) is 0 Å². The van der Waals surface area contributed by atoms with Crippen LogP contribution in [-0.2, 0) is 0 Å². The molecule has 1 aliphatic carbocycles. The number of hydrogen-bond donors (Lipinski definition) is 1. The van der Waals surface area contributed by atoms with Gasteiger partial charge in [-0.1, -0.05) is 11.3 Å². The Kier molecular flexibility index (Phi) is 4.56. The normalized spacial score (nSPS) is 17.9. The number of hydrogen-bond acceptors (Lipinski definition) is 6. The smallest absolute Gasteiger partial charge is 0.188 e. The molecule has 2 fully saturated rings. The number of fused-ring (bicyclic) bond motifs is 1. The number of rotatable bonds is 5. The van der Waals surface area contributed by atoms with E-state index in [1.165, 1.54) is 30.7 Å². The van der Waals surface area contributed by atoms with Crippen molar-refractivity contribution in [2.24, 2.45) is 0 Å². The van der Waals surface area contributed by atoms with Gasteiger partial charge in [0, 0.05) is 44.0 Å². The van der Waals surface area contributed by atoms with E-state index < -0.39 is 0 Å². The molecule has 28 heavy (non-hydrogen) atoms. The first-order chi connectivity index (χ1) is 13.7. The number of methoxy groups -OCH3 is 1. The second-order valence-electron chi connectivity index (χ2n) is 7.39. The second kappa shape index (κ2) is 7.22. The summed E-state index contributed by atoms with van der Waals surface area (Å²) in [6.45, 7) is 4.42. The van der Waals surface area contributed by atoms with Crippen molar-refractivity contribution in [3.63, 3.8) is 0 Å². The number of thiazole rings is 1. The first-order valence-corrected chi connectivity index (χ1v) is 10.5. The molecule has 7 heteroatoms. The summed E-state index contributed by atoms with van der Waals surface area (Å²) in [6, 6.07) is 11.7. The lowest BCUT2D eigenvalue weighted by atomic mass is 10.2. The average molecular weight is 399 g/mol. The number of aromatic nitrogens is 1. The molecule has 1 aliphatic heterocycles. The summed E-state index contributed by atoms with van der Waals surface area (Å²) in [5, 5.41) is 3.93. The first-order valence-electron chi connectivity index (χ1n) is 9.70. The highest BCUT2D eigenvalue weighted by molar-refractivity contribution is 7.22. The fourth-order valence-corrected chi connectivity index (χ4v) is 4.70. The molecule has 5 nitrogen and oxygen atoms in total. The average Bonchev–Trinajstić information content (AvgIpc) is 3.48. The Hall–Kier alpha value is -2.38. The summed E-state index contributed by atoms with van der Waals surface area (Å²) in [6.07, 6.45) is 2.74. The molecule has 0 unspecified atom stereocenters. The standard InChI is InChI=1S/C21H23FN4OS/c1-27-19-6-2-14(22)12-17(19)23-21-24-18-13-16(5-7-20(18)28-21)26-10-8-25(9-11-26)15-3-4-15/h2,5-7,12-13,15H,3-4,8-11H2,1H3,(H,23,24). The molecule has 0 atom stereocenters. The van der Waals surface area contributed by atoms with Crippen molar-refractivity contribution < 1.29 is 9.13 Å². The third-order valence-electron chi connectivity index (χ3n) is 5.52. The highest BCUT2D eigenvalue weighted by Crippen LogP contribution is 2.35. The van der Waals surface area contributed by atoms with Crippen molar-refractivity contribution in [1.29, 1.82) is 0 Å². The Balaban J connectivity index is 1.35. The van der Waals surface area contributed by atoms with E-state index in [-0.39, 0.29) is 5.82 Å². The molecule has 0 amide bonds. The highest BCUT2D eigenvalue weighted by Gasteiger charge is 2.31. The molecule has 2 heterocycles. The van der Waals surface area contributed by atoms with E-state index in [1.807, 2.05) is 0 Å². The van der Waals surface area contributed by atoms with Crippen molar-refractivity contribution in [2.75, 3.05) is 43.5 Å². The van der Waals surface area contributed by atoms with E-state index in [0.717, 1.165) is 47.6 Å². The number of anilines is 3. The first kappa shape index (κ1) is 17.7. The van der Waals surface area contributed by atoms with Crippen LogP contribution in [-0.4, -0.2) is 49.2 Å². The van der Waals surface area contributed by atoms with Gasteiger partial charge >= 0.3 is 0 Å². The molecule has 1 N–H and O–H groups in total. The lowest BCUT2D eigenvalue weighted by Crippen LogP contribution is -2.47. The third-order valence-corrected chi connectivity index (χ3v) is 6.47. The second-order valence-corrected chi connectivity index (χ2v) is 8.43. The van der Waals surface area contributed by atoms with Gasteiger partial charge in [0.05, 0.1) is 23.0 Å². The summed E-state index contributed by atoms with van der Waals surface area (Å²) < 4.78 is 20.0. The summed E-state index contributed by atoms with van der Waals surface area (Å²) in [5.41, 5.74) is 2.77. The predicted octanol–water partition coefficient (Wildman–Crippen LogP) is 4.47. The fourth-order valence-electron chi connectivity index (χ4n) is 3.84. The largest absolute Gasteiger partial charge is 0.495 e. The van der Waals surface area contributed by atoms with Gasteiger partial charge in [0.25, 0.3) is 0 Å². The molecule has 5 rings (SSSR count). The van der Waals surface area contributed by atoms with Crippen LogP contribution in [0.3, 0.4) is 0 Å². The van der Waals surface area contributed by atoms with Crippen molar-refractivity contribution in [1.82, 2.24) is 9.88 Å². The molecule has 146 valence electrons. The molecule has 2 aromatic carbocycles. The van der Waals surface area contributed by atoms with Crippen molar-refractivity contribution >= 4 is 38.1 Å². The number of piperazine rings is 1. The summed E-state index contributed by atoms with van der Waals surface area (Å²) >= 11 is 1.56. The van der Waals surface area contributed by atoms with Crippen molar-refractivity contribution in [3.05, 3.63) is 42.2 Å². The number of halogens is 1. The monoisotopic (exact) mass is 398 g/mol. The van der Waals surface area contributed by atoms with E-state index in [9.17, 15) is 4.39 Å². The minimum atomic E-state index is -0.308. The van der Waals surface area contributed by atoms with E-state index in [1.54, 1.807) is 24.5 Å². The number of benzene rings is 2. The minimum absolute atomic E-state index is 0.308. The molecule has 0 spiro atoms. The zero-order valence-corrected chi connectivity index (χ0v) is 16.6. The van der Waals surface area contributed by atoms with Gasteiger partial charge in [-0.3, -0.25) is 4.90 Å². The maximum Gasteiger partial charge on any atom is 0.188 e. The van der Waals surface area contributed by atoms with Crippen LogP contribution in [0.5, 0.6) is 5.75 Å². The maximum atomic E-state index is 13.6. The van der Waals surface area contributed by atoms with Crippen LogP contribution >= 0.6 is 11.3 Å². The van der Waals surface area contributed by atoms with Crippen LogP contribution in [0.25, 0.3) is 10.2 Å². The molecule has 1 saturated heterocycles. The Morgan fingerprint density at radius 1 is 1.11 bits per heavy atom. The van der Waals surface area contributed by atoms with E-state index in [4.69, 9.17) is 9.72 Å². The lowest BCUT2D eigenvalue weighted by Gasteiger charge is -2.36. The van der Waals surface area contributed by atoms with Crippen LogP contribution < -0.4 is 15.0 Å². The van der Waals surface area contributed by atoms with Gasteiger partial charge in [-0.2, -0.15) is 0 Å². The van der Waals surface area contributed by atoms with Crippen molar-refractivity contribution in [2.45, 2.75) is 18.9 Å². The topological polar surface area (TPSA) is 40.6 Å². The number of nitrogens with one attached hydrogen (secondary N) is 1. The molecule has 3 aromatic rings. The highest BCUT2D eigenvalue weighted by atomic mass is 32.1. The summed E-state index contributed by atoms with van der Waals surface area (Å²) in [5.74, 6) is 0.284. The molecule has 0 radical (unpaired) electrons. The van der Waals surface area contributed by atoms with Gasteiger partial charge in [0.2, 0.25) is 0 Å². The maximum absolute atomic E-state index is 13.6. The molecular formula is C21H23FN4OS. The number of ether oxygens (including phenoxy) is 1. The Morgan fingerprint density at radius 2 is 1.93 bits per heavy atom. The Morgan fingerprint density at radius 3 is 2.68 bits per heavy atom. The van der Waals surface area contributed by atoms with Gasteiger partial charge in [-0.15, -0.1) is 0 Å². The lowest BCUT2D eigenvalue weighted by molar-refractivity contribution is 0.248. The van der Waals surface area contributed by atoms with Gasteiger partial charge < -0.3 is 15.0 Å². The van der Waals surface area contributed by atoms with E-state index in [0.29, 0.717) is 11.4 Å². The molecule has 0 bridgehead atoms. The van der Waals surface area contributed by atoms with Gasteiger partial charge in [-0.05, 0) is 43.2 Å². The van der Waals surface area contributed by atoms with E-state index >= 15 is 0 Å². The SMILES string of the molecule is COc1ccc(F)cc1Nc1nc2cc(N3CCN(C4CC4)CC3)ccc2s1. The Bertz CT molecular complexity index is 995. The zero-order chi connectivity index (χ0) is 19.1. The predicted molar refractivity (Wildman–Crippen MR) is 113 cm³/mol. The van der Waals surface area contributed by atoms with Gasteiger partial charge in [0.15, 0.2) is 5.13 Å². The van der Waals surface area contributed by atoms with Crippen LogP contribution in [0.4, 0.5) is 20.9 Å². The molecule has 1 saturated carbocycles. The summed E-state index contributed by atoms with van der Waals surface area (Å²) in [7, 11) is 1.58. The zero-order valence-electron chi connectivity index (χ0n) is 15.8. The van der Waals surface area contributed by atoms with Crippen LogP contribution in [0.1, 0.15) is 12.8 Å². The number of nitrogens with zero attached hydrogens (tertiary/aromatic N) is 3. The molecule has 2 aliphatic rings. The van der Waals surface area contributed by atoms with Crippen LogP contribution in [0, 0.1) is 5.82 Å². The minimum Gasteiger partial charge on any atom is -0.495 e. The third kappa shape index (κ3) is 3.52. The molecule has 1 aromatic heterocycles.